The molecule has 2 aromatic heterocycles. The average molecular weight is 589 g/mol. The number of aromatic nitrogens is 1. The smallest absolute Gasteiger partial charge is 0.310 e. The fourth-order valence-corrected chi connectivity index (χ4v) is 4.41. The highest BCUT2D eigenvalue weighted by Gasteiger charge is 2.28. The highest BCUT2D eigenvalue weighted by Crippen LogP contribution is 2.36. The van der Waals surface area contributed by atoms with Gasteiger partial charge in [-0.2, -0.15) is 4.40 Å². The molecule has 0 saturated carbocycles. The van der Waals surface area contributed by atoms with Crippen LogP contribution in [-0.4, -0.2) is 36.9 Å². The Morgan fingerprint density at radius 3 is 2.51 bits per heavy atom. The van der Waals surface area contributed by atoms with E-state index in [2.05, 4.69) is 9.38 Å². The van der Waals surface area contributed by atoms with Crippen LogP contribution in [0.3, 0.4) is 0 Å². The van der Waals surface area contributed by atoms with E-state index in [1.54, 1.807) is 6.92 Å². The fraction of sp³-hybridized carbons (Fsp3) is 0.276. The van der Waals surface area contributed by atoms with Crippen molar-refractivity contribution in [1.82, 2.24) is 4.98 Å². The molecule has 2 aromatic carbocycles. The first-order valence-electron chi connectivity index (χ1n) is 12.5. The zero-order chi connectivity index (χ0) is 29.9. The number of nitrogens with zero attached hydrogens (tertiary/aromatic N) is 2. The lowest BCUT2D eigenvalue weighted by molar-refractivity contribution is -0.142. The quantitative estimate of drug-likeness (QED) is 0.171. The third-order valence-corrected chi connectivity index (χ3v) is 8.02. The van der Waals surface area contributed by atoms with Gasteiger partial charge in [-0.15, -0.1) is 0 Å². The lowest BCUT2D eigenvalue weighted by Crippen LogP contribution is -2.25. The lowest BCUT2D eigenvalue weighted by Gasteiger charge is -2.15. The van der Waals surface area contributed by atoms with Crippen molar-refractivity contribution in [2.24, 2.45) is 4.40 Å². The van der Waals surface area contributed by atoms with E-state index in [1.807, 2.05) is 0 Å². The number of fused-ring (bicyclic) bond motifs is 1. The fourth-order valence-electron chi connectivity index (χ4n) is 3.86. The van der Waals surface area contributed by atoms with Crippen molar-refractivity contribution in [3.63, 3.8) is 0 Å². The molecule has 0 N–H and O–H groups in total. The number of hydrogen-bond acceptors (Lipinski definition) is 7. The normalized spacial score (nSPS) is 12.3. The maximum absolute atomic E-state index is 15.6. The first-order valence-corrected chi connectivity index (χ1v) is 14.0. The summed E-state index contributed by atoms with van der Waals surface area (Å²) in [6.07, 6.45) is 3.08. The third kappa shape index (κ3) is 6.43. The lowest BCUT2D eigenvalue weighted by atomic mass is 9.99. The largest absolute Gasteiger partial charge is 0.488 e. The highest BCUT2D eigenvalue weighted by molar-refractivity contribution is 7.91. The molecule has 0 amide bonds. The van der Waals surface area contributed by atoms with Gasteiger partial charge in [0.2, 0.25) is 0 Å². The molecule has 12 heteroatoms. The minimum atomic E-state index is -3.95. The summed E-state index contributed by atoms with van der Waals surface area (Å²) in [5.41, 5.74) is 0.0490. The van der Waals surface area contributed by atoms with Crippen LogP contribution in [0.5, 0.6) is 5.75 Å². The Balaban J connectivity index is 1.72. The van der Waals surface area contributed by atoms with Gasteiger partial charge >= 0.3 is 5.97 Å². The summed E-state index contributed by atoms with van der Waals surface area (Å²) in [4.78, 5) is 15.9. The standard InChI is InChI=1S/C29H27F3N2O6S/c1-5-38-25(35)14-17-12-19(30)6-7-24(17)40-16-18-13-22(28-21(26(18)31)9-11-39-28)20-8-10-33-23(27(20)32)15-34-41(36,37)29(2,3)4/h6-13,15H,5,14,16H2,1-4H3. The second kappa shape index (κ2) is 11.7. The molecule has 0 aliphatic heterocycles. The van der Waals surface area contributed by atoms with Gasteiger partial charge in [-0.25, -0.2) is 21.6 Å². The minimum absolute atomic E-state index is 0.0158. The molecule has 0 fully saturated rings. The number of rotatable bonds is 9. The average Bonchev–Trinajstić information content (AvgIpc) is 3.39. The number of pyridine rings is 1. The Bertz CT molecular complexity index is 1740. The first-order chi connectivity index (χ1) is 19.3. The van der Waals surface area contributed by atoms with E-state index < -0.39 is 38.2 Å². The summed E-state index contributed by atoms with van der Waals surface area (Å²) in [6.45, 7) is 5.81. The van der Waals surface area contributed by atoms with Crippen molar-refractivity contribution >= 4 is 33.2 Å². The maximum Gasteiger partial charge on any atom is 0.310 e. The summed E-state index contributed by atoms with van der Waals surface area (Å²) in [6, 6.07) is 7.63. The molecule has 0 aliphatic carbocycles. The van der Waals surface area contributed by atoms with E-state index >= 15 is 8.78 Å². The number of esters is 1. The number of benzene rings is 2. The molecule has 2 heterocycles. The Kier molecular flexibility index (Phi) is 8.52. The molecule has 4 aromatic rings. The highest BCUT2D eigenvalue weighted by atomic mass is 32.2. The van der Waals surface area contributed by atoms with Crippen LogP contribution in [-0.2, 0) is 32.6 Å². The van der Waals surface area contributed by atoms with Crippen LogP contribution >= 0.6 is 0 Å². The van der Waals surface area contributed by atoms with Crippen LogP contribution < -0.4 is 4.74 Å². The van der Waals surface area contributed by atoms with Gasteiger partial charge in [-0.05, 0) is 64.1 Å². The van der Waals surface area contributed by atoms with Gasteiger partial charge in [-0.1, -0.05) is 0 Å². The molecule has 0 spiro atoms. The van der Waals surface area contributed by atoms with Crippen molar-refractivity contribution in [3.05, 3.63) is 83.1 Å². The molecule has 41 heavy (non-hydrogen) atoms. The number of halogens is 3. The minimum Gasteiger partial charge on any atom is -0.488 e. The van der Waals surface area contributed by atoms with Gasteiger partial charge in [0.25, 0.3) is 10.0 Å². The zero-order valence-electron chi connectivity index (χ0n) is 22.7. The molecule has 216 valence electrons. The molecular formula is C29H27F3N2O6S. The predicted molar refractivity (Wildman–Crippen MR) is 147 cm³/mol. The Morgan fingerprint density at radius 2 is 1.80 bits per heavy atom. The molecule has 4 rings (SSSR count). The number of carbonyl (C=O) groups excluding carboxylic acids is 1. The van der Waals surface area contributed by atoms with E-state index in [1.165, 1.54) is 57.5 Å². The summed E-state index contributed by atoms with van der Waals surface area (Å²) in [7, 11) is -3.95. The SMILES string of the molecule is CCOC(=O)Cc1cc(F)ccc1OCc1cc(-c2ccnc(C=NS(=O)(=O)C(C)(C)C)c2F)c2occc2c1F. The second-order valence-electron chi connectivity index (χ2n) is 9.96. The Morgan fingerprint density at radius 1 is 1.05 bits per heavy atom. The van der Waals surface area contributed by atoms with Gasteiger partial charge in [0, 0.05) is 28.5 Å². The Labute approximate surface area is 234 Å². The number of ether oxygens (including phenoxy) is 2. The van der Waals surface area contributed by atoms with E-state index in [4.69, 9.17) is 13.9 Å². The summed E-state index contributed by atoms with van der Waals surface area (Å²) < 4.78 is 88.2. The molecule has 0 atom stereocenters. The van der Waals surface area contributed by atoms with Crippen LogP contribution in [0.2, 0.25) is 0 Å². The molecule has 8 nitrogen and oxygen atoms in total. The van der Waals surface area contributed by atoms with Crippen molar-refractivity contribution in [1.29, 1.82) is 0 Å². The van der Waals surface area contributed by atoms with Crippen molar-refractivity contribution in [2.75, 3.05) is 6.61 Å². The summed E-state index contributed by atoms with van der Waals surface area (Å²) in [5.74, 6) is -2.61. The van der Waals surface area contributed by atoms with E-state index in [0.29, 0.717) is 0 Å². The van der Waals surface area contributed by atoms with Gasteiger partial charge in [-0.3, -0.25) is 9.78 Å². The van der Waals surface area contributed by atoms with Crippen LogP contribution in [0.15, 0.2) is 57.7 Å². The summed E-state index contributed by atoms with van der Waals surface area (Å²) in [5, 5.41) is 0.0497. The number of hydrogen-bond donors (Lipinski definition) is 0. The molecule has 0 radical (unpaired) electrons. The van der Waals surface area contributed by atoms with E-state index in [-0.39, 0.29) is 64.3 Å². The van der Waals surface area contributed by atoms with Crippen LogP contribution in [0.1, 0.15) is 44.5 Å². The molecule has 0 saturated heterocycles. The molecular weight excluding hydrogens is 561 g/mol. The van der Waals surface area contributed by atoms with Crippen molar-refractivity contribution < 1.29 is 40.3 Å². The third-order valence-electron chi connectivity index (χ3n) is 6.09. The maximum atomic E-state index is 15.6. The van der Waals surface area contributed by atoms with Gasteiger partial charge in [0.1, 0.15) is 35.3 Å². The predicted octanol–water partition coefficient (Wildman–Crippen LogP) is 6.14. The first kappa shape index (κ1) is 29.8. The monoisotopic (exact) mass is 588 g/mol. The zero-order valence-corrected chi connectivity index (χ0v) is 23.5. The van der Waals surface area contributed by atoms with E-state index in [9.17, 15) is 17.6 Å². The van der Waals surface area contributed by atoms with Crippen LogP contribution in [0.25, 0.3) is 22.1 Å². The van der Waals surface area contributed by atoms with Gasteiger partial charge < -0.3 is 13.9 Å². The number of furan rings is 1. The van der Waals surface area contributed by atoms with Gasteiger partial charge in [0.15, 0.2) is 5.82 Å². The Hall–Kier alpha value is -4.19. The summed E-state index contributed by atoms with van der Waals surface area (Å²) >= 11 is 0. The molecule has 0 bridgehead atoms. The number of sulfonamides is 1. The van der Waals surface area contributed by atoms with Crippen LogP contribution in [0.4, 0.5) is 13.2 Å². The van der Waals surface area contributed by atoms with Crippen molar-refractivity contribution in [3.8, 4) is 16.9 Å². The second-order valence-corrected chi connectivity index (χ2v) is 12.3. The molecule has 0 unspecified atom stereocenters. The molecule has 0 aliphatic rings. The van der Waals surface area contributed by atoms with Crippen LogP contribution in [0, 0.1) is 17.5 Å². The number of carbonyl (C=O) groups is 1. The topological polar surface area (TPSA) is 108 Å². The van der Waals surface area contributed by atoms with Gasteiger partial charge in [0.05, 0.1) is 35.6 Å². The van der Waals surface area contributed by atoms with E-state index in [0.717, 1.165) is 18.3 Å². The van der Waals surface area contributed by atoms with Crippen molar-refractivity contribution in [2.45, 2.75) is 45.5 Å².